The van der Waals surface area contributed by atoms with Gasteiger partial charge in [-0.15, -0.1) is 0 Å². The van der Waals surface area contributed by atoms with Crippen LogP contribution in [0.1, 0.15) is 32.3 Å². The number of piperidine rings is 1. The maximum absolute atomic E-state index is 12.3. The van der Waals surface area contributed by atoms with E-state index in [1.54, 1.807) is 0 Å². The Bertz CT molecular complexity index is 462. The van der Waals surface area contributed by atoms with E-state index in [1.165, 1.54) is 12.8 Å². The van der Waals surface area contributed by atoms with Gasteiger partial charge in [-0.3, -0.25) is 10.1 Å². The second-order valence-corrected chi connectivity index (χ2v) is 6.15. The van der Waals surface area contributed by atoms with Crippen LogP contribution in [-0.4, -0.2) is 37.0 Å². The van der Waals surface area contributed by atoms with E-state index in [0.29, 0.717) is 19.0 Å². The molecule has 116 valence electrons. The number of amides is 1. The van der Waals surface area contributed by atoms with Gasteiger partial charge in [0.05, 0.1) is 0 Å². The Balaban J connectivity index is 2.28. The molecule has 1 heterocycles. The van der Waals surface area contributed by atoms with Gasteiger partial charge in [-0.05, 0) is 37.4 Å². The van der Waals surface area contributed by atoms with Crippen LogP contribution in [0, 0.1) is 5.92 Å². The van der Waals surface area contributed by atoms with E-state index in [-0.39, 0.29) is 5.91 Å². The zero-order valence-corrected chi connectivity index (χ0v) is 13.1. The van der Waals surface area contributed by atoms with Gasteiger partial charge in [0.15, 0.2) is 0 Å². The molecule has 0 aromatic heterocycles. The molecule has 1 aromatic carbocycles. The van der Waals surface area contributed by atoms with Crippen molar-refractivity contribution in [1.82, 2.24) is 10.2 Å². The highest BCUT2D eigenvalue weighted by molar-refractivity contribution is 5.86. The highest BCUT2D eigenvalue weighted by atomic mass is 16.1. The van der Waals surface area contributed by atoms with Gasteiger partial charge in [-0.1, -0.05) is 44.2 Å². The van der Waals surface area contributed by atoms with Crippen LogP contribution in [0.3, 0.4) is 0 Å². The Morgan fingerprint density at radius 1 is 1.43 bits per heavy atom. The first kappa shape index (κ1) is 16.0. The number of hydrogen-bond donors (Lipinski definition) is 2. The summed E-state index contributed by atoms with van der Waals surface area (Å²) >= 11 is 0. The number of rotatable bonds is 6. The summed E-state index contributed by atoms with van der Waals surface area (Å²) in [6, 6.07) is 9.86. The van der Waals surface area contributed by atoms with Gasteiger partial charge in [0.25, 0.3) is 0 Å². The standard InChI is InChI=1S/C17H27N3O/c1-3-19-17(16(18)21,15-9-5-4-6-10-15)13-20-11-7-8-14(2)12-20/h4-6,9-10,14,19H,3,7-8,11-13H2,1-2H3,(H2,18,21). The number of hydrogen-bond acceptors (Lipinski definition) is 3. The third kappa shape index (κ3) is 3.63. The predicted molar refractivity (Wildman–Crippen MR) is 85.8 cm³/mol. The van der Waals surface area contributed by atoms with Gasteiger partial charge in [-0.25, -0.2) is 0 Å². The molecule has 2 atom stereocenters. The van der Waals surface area contributed by atoms with Crippen LogP contribution < -0.4 is 11.1 Å². The van der Waals surface area contributed by atoms with Crippen LogP contribution in [0.25, 0.3) is 0 Å². The first-order chi connectivity index (χ1) is 10.1. The number of nitrogens with zero attached hydrogens (tertiary/aromatic N) is 1. The minimum atomic E-state index is -0.799. The summed E-state index contributed by atoms with van der Waals surface area (Å²) in [5.74, 6) is 0.385. The number of carbonyl (C=O) groups is 1. The third-order valence-electron chi connectivity index (χ3n) is 4.37. The topological polar surface area (TPSA) is 58.4 Å². The Morgan fingerprint density at radius 2 is 2.14 bits per heavy atom. The van der Waals surface area contributed by atoms with Gasteiger partial charge < -0.3 is 10.6 Å². The molecule has 1 aliphatic heterocycles. The molecule has 0 spiro atoms. The van der Waals surface area contributed by atoms with Crippen LogP contribution in [-0.2, 0) is 10.3 Å². The summed E-state index contributed by atoms with van der Waals surface area (Å²) in [6.45, 7) is 7.71. The maximum atomic E-state index is 12.3. The van der Waals surface area contributed by atoms with Crippen LogP contribution >= 0.6 is 0 Å². The lowest BCUT2D eigenvalue weighted by Gasteiger charge is -2.40. The van der Waals surface area contributed by atoms with Gasteiger partial charge in [0.2, 0.25) is 5.91 Å². The number of likely N-dealkylation sites (N-methyl/N-ethyl adjacent to an activating group) is 1. The molecular formula is C17H27N3O. The fraction of sp³-hybridized carbons (Fsp3) is 0.588. The minimum Gasteiger partial charge on any atom is -0.368 e. The van der Waals surface area contributed by atoms with Gasteiger partial charge in [0.1, 0.15) is 5.54 Å². The summed E-state index contributed by atoms with van der Waals surface area (Å²) < 4.78 is 0. The summed E-state index contributed by atoms with van der Waals surface area (Å²) in [6.07, 6.45) is 2.46. The van der Waals surface area contributed by atoms with Gasteiger partial charge in [0, 0.05) is 13.1 Å². The molecule has 21 heavy (non-hydrogen) atoms. The van der Waals surface area contributed by atoms with Crippen molar-refractivity contribution in [2.24, 2.45) is 11.7 Å². The number of benzene rings is 1. The quantitative estimate of drug-likeness (QED) is 0.838. The molecule has 0 bridgehead atoms. The predicted octanol–water partition coefficient (Wildman–Crippen LogP) is 1.71. The van der Waals surface area contributed by atoms with Crippen molar-refractivity contribution in [3.63, 3.8) is 0 Å². The van der Waals surface area contributed by atoms with Crippen molar-refractivity contribution in [2.45, 2.75) is 32.2 Å². The fourth-order valence-electron chi connectivity index (χ4n) is 3.35. The van der Waals surface area contributed by atoms with Crippen LogP contribution in [0.2, 0.25) is 0 Å². The SMILES string of the molecule is CCNC(CN1CCCC(C)C1)(C(N)=O)c1ccccc1. The van der Waals surface area contributed by atoms with Crippen LogP contribution in [0.5, 0.6) is 0 Å². The highest BCUT2D eigenvalue weighted by Gasteiger charge is 2.40. The second kappa shape index (κ2) is 7.05. The molecular weight excluding hydrogens is 262 g/mol. The second-order valence-electron chi connectivity index (χ2n) is 6.15. The van der Waals surface area contributed by atoms with E-state index in [1.807, 2.05) is 37.3 Å². The van der Waals surface area contributed by atoms with E-state index in [4.69, 9.17) is 5.73 Å². The van der Waals surface area contributed by atoms with E-state index >= 15 is 0 Å². The maximum Gasteiger partial charge on any atom is 0.243 e. The Labute approximate surface area is 127 Å². The lowest BCUT2D eigenvalue weighted by Crippen LogP contribution is -2.59. The summed E-state index contributed by atoms with van der Waals surface area (Å²) in [4.78, 5) is 14.7. The molecule has 1 saturated heterocycles. The monoisotopic (exact) mass is 289 g/mol. The van der Waals surface area contributed by atoms with E-state index < -0.39 is 5.54 Å². The van der Waals surface area contributed by atoms with Crippen LogP contribution in [0.4, 0.5) is 0 Å². The lowest BCUT2D eigenvalue weighted by atomic mass is 9.87. The van der Waals surface area contributed by atoms with Gasteiger partial charge >= 0.3 is 0 Å². The molecule has 1 aromatic rings. The van der Waals surface area contributed by atoms with Crippen LogP contribution in [0.15, 0.2) is 30.3 Å². The molecule has 4 nitrogen and oxygen atoms in total. The zero-order chi connectivity index (χ0) is 15.3. The summed E-state index contributed by atoms with van der Waals surface area (Å²) in [7, 11) is 0. The molecule has 1 aliphatic rings. The third-order valence-corrected chi connectivity index (χ3v) is 4.37. The Hall–Kier alpha value is -1.39. The van der Waals surface area contributed by atoms with Crippen molar-refractivity contribution in [2.75, 3.05) is 26.2 Å². The van der Waals surface area contributed by atoms with Crippen molar-refractivity contribution in [1.29, 1.82) is 0 Å². The largest absolute Gasteiger partial charge is 0.368 e. The number of primary amides is 1. The Kier molecular flexibility index (Phi) is 5.37. The zero-order valence-electron chi connectivity index (χ0n) is 13.1. The average Bonchev–Trinajstić information content (AvgIpc) is 2.47. The first-order valence-corrected chi connectivity index (χ1v) is 7.91. The molecule has 2 rings (SSSR count). The molecule has 0 aliphatic carbocycles. The normalized spacial score (nSPS) is 22.7. The molecule has 4 heteroatoms. The van der Waals surface area contributed by atoms with Crippen molar-refractivity contribution in [3.05, 3.63) is 35.9 Å². The number of likely N-dealkylation sites (tertiary alicyclic amines) is 1. The van der Waals surface area contributed by atoms with Gasteiger partial charge in [-0.2, -0.15) is 0 Å². The van der Waals surface area contributed by atoms with E-state index in [9.17, 15) is 4.79 Å². The number of nitrogens with two attached hydrogens (primary N) is 1. The smallest absolute Gasteiger partial charge is 0.243 e. The fourth-order valence-corrected chi connectivity index (χ4v) is 3.35. The first-order valence-electron chi connectivity index (χ1n) is 7.91. The van der Waals surface area contributed by atoms with E-state index in [2.05, 4.69) is 17.1 Å². The average molecular weight is 289 g/mol. The summed E-state index contributed by atoms with van der Waals surface area (Å²) in [5, 5.41) is 3.36. The van der Waals surface area contributed by atoms with Crippen molar-refractivity contribution in [3.8, 4) is 0 Å². The Morgan fingerprint density at radius 3 is 2.71 bits per heavy atom. The molecule has 0 radical (unpaired) electrons. The highest BCUT2D eigenvalue weighted by Crippen LogP contribution is 2.25. The number of carbonyl (C=O) groups excluding carboxylic acids is 1. The van der Waals surface area contributed by atoms with E-state index in [0.717, 1.165) is 18.7 Å². The molecule has 2 unspecified atom stereocenters. The molecule has 3 N–H and O–H groups in total. The van der Waals surface area contributed by atoms with Crippen molar-refractivity contribution >= 4 is 5.91 Å². The lowest BCUT2D eigenvalue weighted by molar-refractivity contribution is -0.126. The number of nitrogens with one attached hydrogen (secondary N) is 1. The van der Waals surface area contributed by atoms with Crippen molar-refractivity contribution < 1.29 is 4.79 Å². The molecule has 1 fully saturated rings. The molecule has 1 amide bonds. The molecule has 0 saturated carbocycles. The summed E-state index contributed by atoms with van der Waals surface area (Å²) in [5.41, 5.74) is 5.97. The minimum absolute atomic E-state index is 0.297.